The summed E-state index contributed by atoms with van der Waals surface area (Å²) < 4.78 is 2.11. The third-order valence-electron chi connectivity index (χ3n) is 2.79. The van der Waals surface area contributed by atoms with Crippen LogP contribution in [0.3, 0.4) is 0 Å². The lowest BCUT2D eigenvalue weighted by atomic mass is 10.2. The van der Waals surface area contributed by atoms with E-state index >= 15 is 0 Å². The van der Waals surface area contributed by atoms with Crippen molar-refractivity contribution in [2.24, 2.45) is 0 Å². The van der Waals surface area contributed by atoms with Crippen LogP contribution < -0.4 is 5.32 Å². The van der Waals surface area contributed by atoms with Crippen LogP contribution in [0.1, 0.15) is 45.3 Å². The van der Waals surface area contributed by atoms with Gasteiger partial charge in [0.1, 0.15) is 0 Å². The molecule has 1 aromatic heterocycles. The van der Waals surface area contributed by atoms with Gasteiger partial charge in [0.25, 0.3) is 0 Å². The molecular formula is C12H23N3. The molecule has 3 nitrogen and oxygen atoms in total. The molecule has 1 aromatic rings. The van der Waals surface area contributed by atoms with Crippen LogP contribution >= 0.6 is 0 Å². The van der Waals surface area contributed by atoms with Crippen molar-refractivity contribution < 1.29 is 0 Å². The lowest BCUT2D eigenvalue weighted by molar-refractivity contribution is 0.425. The van der Waals surface area contributed by atoms with Crippen LogP contribution in [0.2, 0.25) is 0 Å². The summed E-state index contributed by atoms with van der Waals surface area (Å²) in [4.78, 5) is 0. The summed E-state index contributed by atoms with van der Waals surface area (Å²) >= 11 is 0. The summed E-state index contributed by atoms with van der Waals surface area (Å²) in [5.41, 5.74) is 1.20. The van der Waals surface area contributed by atoms with Crippen molar-refractivity contribution in [3.63, 3.8) is 0 Å². The molecule has 86 valence electrons. The number of hydrogen-bond acceptors (Lipinski definition) is 2. The zero-order valence-electron chi connectivity index (χ0n) is 10.2. The van der Waals surface area contributed by atoms with Gasteiger partial charge in [-0.05, 0) is 25.5 Å². The Morgan fingerprint density at radius 3 is 2.67 bits per heavy atom. The highest BCUT2D eigenvalue weighted by Crippen LogP contribution is 2.14. The molecule has 0 atom stereocenters. The van der Waals surface area contributed by atoms with Crippen LogP contribution in [0.5, 0.6) is 0 Å². The smallest absolute Gasteiger partial charge is 0.0637 e. The van der Waals surface area contributed by atoms with Crippen molar-refractivity contribution in [2.45, 2.75) is 46.1 Å². The molecule has 1 N–H and O–H groups in total. The van der Waals surface area contributed by atoms with Gasteiger partial charge in [-0.25, -0.2) is 0 Å². The maximum absolute atomic E-state index is 4.60. The van der Waals surface area contributed by atoms with E-state index in [9.17, 15) is 0 Å². The quantitative estimate of drug-likeness (QED) is 0.699. The number of aromatic nitrogens is 2. The first-order chi connectivity index (χ1) is 7.31. The fraction of sp³-hybridized carbons (Fsp3) is 0.750. The van der Waals surface area contributed by atoms with E-state index in [4.69, 9.17) is 0 Å². The molecule has 0 radical (unpaired) electrons. The van der Waals surface area contributed by atoms with Crippen molar-refractivity contribution in [2.75, 3.05) is 13.1 Å². The van der Waals surface area contributed by atoms with Gasteiger partial charge in [0.2, 0.25) is 0 Å². The van der Waals surface area contributed by atoms with Crippen LogP contribution in [-0.4, -0.2) is 22.9 Å². The minimum atomic E-state index is 0.567. The summed E-state index contributed by atoms with van der Waals surface area (Å²) in [5.74, 6) is 0. The van der Waals surface area contributed by atoms with Gasteiger partial charge < -0.3 is 5.32 Å². The molecule has 0 aliphatic heterocycles. The lowest BCUT2D eigenvalue weighted by Crippen LogP contribution is -2.16. The normalized spacial score (nSPS) is 11.2. The molecule has 0 saturated heterocycles. The van der Waals surface area contributed by atoms with Crippen molar-refractivity contribution in [1.82, 2.24) is 15.1 Å². The van der Waals surface area contributed by atoms with E-state index in [0.717, 1.165) is 32.4 Å². The molecule has 0 amide bonds. The first-order valence-electron chi connectivity index (χ1n) is 6.06. The van der Waals surface area contributed by atoms with Crippen LogP contribution in [0.4, 0.5) is 0 Å². The number of likely N-dealkylation sites (N-methyl/N-ethyl adjacent to an activating group) is 1. The van der Waals surface area contributed by atoms with E-state index < -0.39 is 0 Å². The first kappa shape index (κ1) is 12.2. The van der Waals surface area contributed by atoms with Crippen LogP contribution in [0.25, 0.3) is 0 Å². The highest BCUT2D eigenvalue weighted by molar-refractivity contribution is 5.00. The van der Waals surface area contributed by atoms with E-state index in [1.165, 1.54) is 5.69 Å². The Kier molecular flexibility index (Phi) is 5.40. The van der Waals surface area contributed by atoms with Gasteiger partial charge in [-0.15, -0.1) is 0 Å². The van der Waals surface area contributed by atoms with Crippen molar-refractivity contribution in [3.8, 4) is 0 Å². The van der Waals surface area contributed by atoms with E-state index in [0.29, 0.717) is 6.04 Å². The largest absolute Gasteiger partial charge is 0.317 e. The lowest BCUT2D eigenvalue weighted by Gasteiger charge is -2.12. The Bertz CT molecular complexity index is 264. The Morgan fingerprint density at radius 1 is 1.33 bits per heavy atom. The minimum absolute atomic E-state index is 0.567. The van der Waals surface area contributed by atoms with Crippen molar-refractivity contribution in [1.29, 1.82) is 0 Å². The van der Waals surface area contributed by atoms with Gasteiger partial charge in [0.15, 0.2) is 0 Å². The van der Waals surface area contributed by atoms with E-state index in [1.807, 2.05) is 0 Å². The molecule has 1 heterocycles. The van der Waals surface area contributed by atoms with Gasteiger partial charge in [-0.1, -0.05) is 20.8 Å². The van der Waals surface area contributed by atoms with Crippen LogP contribution in [0, 0.1) is 0 Å². The van der Waals surface area contributed by atoms with Gasteiger partial charge in [0, 0.05) is 19.2 Å². The van der Waals surface area contributed by atoms with Crippen molar-refractivity contribution >= 4 is 0 Å². The van der Waals surface area contributed by atoms with Gasteiger partial charge in [-0.2, -0.15) is 5.10 Å². The second-order valence-electron chi connectivity index (χ2n) is 3.86. The first-order valence-corrected chi connectivity index (χ1v) is 6.06. The predicted molar refractivity (Wildman–Crippen MR) is 64.1 cm³/mol. The number of hydrogen-bond donors (Lipinski definition) is 1. The molecule has 0 spiro atoms. The second-order valence-corrected chi connectivity index (χ2v) is 3.86. The zero-order chi connectivity index (χ0) is 11.1. The zero-order valence-corrected chi connectivity index (χ0v) is 10.2. The summed E-state index contributed by atoms with van der Waals surface area (Å²) in [7, 11) is 0. The van der Waals surface area contributed by atoms with E-state index in [2.05, 4.69) is 48.1 Å². The average Bonchev–Trinajstić information content (AvgIpc) is 2.69. The third-order valence-corrected chi connectivity index (χ3v) is 2.79. The van der Waals surface area contributed by atoms with E-state index in [-0.39, 0.29) is 0 Å². The summed E-state index contributed by atoms with van der Waals surface area (Å²) in [6.45, 7) is 8.62. The number of nitrogens with zero attached hydrogens (tertiary/aromatic N) is 2. The monoisotopic (exact) mass is 209 g/mol. The molecule has 0 aromatic carbocycles. The topological polar surface area (TPSA) is 29.9 Å². The fourth-order valence-electron chi connectivity index (χ4n) is 1.77. The molecule has 1 rings (SSSR count). The van der Waals surface area contributed by atoms with Crippen LogP contribution in [0.15, 0.2) is 12.3 Å². The highest BCUT2D eigenvalue weighted by atomic mass is 15.3. The maximum atomic E-state index is 4.60. The molecule has 0 aliphatic rings. The molecular weight excluding hydrogens is 186 g/mol. The summed E-state index contributed by atoms with van der Waals surface area (Å²) in [6.07, 6.45) is 5.45. The number of rotatable bonds is 7. The Morgan fingerprint density at radius 2 is 2.07 bits per heavy atom. The Hall–Kier alpha value is -0.830. The molecule has 3 heteroatoms. The van der Waals surface area contributed by atoms with Crippen molar-refractivity contribution in [3.05, 3.63) is 18.0 Å². The highest BCUT2D eigenvalue weighted by Gasteiger charge is 2.07. The maximum Gasteiger partial charge on any atom is 0.0637 e. The molecule has 0 fully saturated rings. The minimum Gasteiger partial charge on any atom is -0.317 e. The number of nitrogens with one attached hydrogen (secondary N) is 1. The molecule has 0 bridgehead atoms. The van der Waals surface area contributed by atoms with Crippen LogP contribution in [-0.2, 0) is 6.42 Å². The summed E-state index contributed by atoms with van der Waals surface area (Å²) in [5, 5.41) is 7.91. The Labute approximate surface area is 92.9 Å². The molecule has 0 saturated carbocycles. The average molecular weight is 209 g/mol. The summed E-state index contributed by atoms with van der Waals surface area (Å²) in [6, 6.07) is 2.70. The molecule has 0 unspecified atom stereocenters. The van der Waals surface area contributed by atoms with Gasteiger partial charge in [-0.3, -0.25) is 4.68 Å². The fourth-order valence-corrected chi connectivity index (χ4v) is 1.77. The van der Waals surface area contributed by atoms with Gasteiger partial charge in [0.05, 0.1) is 11.7 Å². The second kappa shape index (κ2) is 6.62. The standard InChI is InChI=1S/C12H23N3/c1-4-12(5-2)15-10-8-11(14-15)7-9-13-6-3/h8,10,12-13H,4-7,9H2,1-3H3. The predicted octanol–water partition coefficient (Wildman–Crippen LogP) is 2.40. The Balaban J connectivity index is 2.47. The van der Waals surface area contributed by atoms with E-state index in [1.54, 1.807) is 0 Å². The third kappa shape index (κ3) is 3.67. The van der Waals surface area contributed by atoms with Gasteiger partial charge >= 0.3 is 0 Å². The SMILES string of the molecule is CCNCCc1ccn(C(CC)CC)n1. The molecule has 0 aliphatic carbocycles. The molecule has 15 heavy (non-hydrogen) atoms.